The molecule has 2 heterocycles. The van der Waals surface area contributed by atoms with Crippen LogP contribution in [0.25, 0.3) is 17.0 Å². The fourth-order valence-electron chi connectivity index (χ4n) is 3.49. The first kappa shape index (κ1) is 21.0. The zero-order valence-corrected chi connectivity index (χ0v) is 17.8. The number of fused-ring (bicyclic) bond motifs is 1. The van der Waals surface area contributed by atoms with E-state index in [4.69, 9.17) is 4.42 Å². The lowest BCUT2D eigenvalue weighted by atomic mass is 10.1. The van der Waals surface area contributed by atoms with Gasteiger partial charge in [-0.25, -0.2) is 8.42 Å². The van der Waals surface area contributed by atoms with Gasteiger partial charge in [0.05, 0.1) is 5.39 Å². The minimum absolute atomic E-state index is 0.0402. The van der Waals surface area contributed by atoms with E-state index in [1.807, 2.05) is 43.3 Å². The standard InChI is InChI=1S/C23H22N2O5S/c1-17-7-8-21-19(15-17)20(26)16-22(30-21)23(27)24-10-12-25(13-11-24)31(28,29)14-9-18-5-3-2-4-6-18/h2-9,14-16H,10-13H2,1H3. The van der Waals surface area contributed by atoms with Gasteiger partial charge in [0.2, 0.25) is 10.0 Å². The zero-order chi connectivity index (χ0) is 22.0. The predicted molar refractivity (Wildman–Crippen MR) is 119 cm³/mol. The molecule has 0 bridgehead atoms. The molecule has 1 saturated heterocycles. The van der Waals surface area contributed by atoms with Gasteiger partial charge in [0.25, 0.3) is 5.91 Å². The molecule has 0 saturated carbocycles. The summed E-state index contributed by atoms with van der Waals surface area (Å²) >= 11 is 0. The van der Waals surface area contributed by atoms with Crippen molar-refractivity contribution in [2.75, 3.05) is 26.2 Å². The molecule has 3 aromatic rings. The monoisotopic (exact) mass is 438 g/mol. The maximum Gasteiger partial charge on any atom is 0.289 e. The van der Waals surface area contributed by atoms with E-state index in [-0.39, 0.29) is 37.4 Å². The lowest BCUT2D eigenvalue weighted by Gasteiger charge is -2.33. The minimum Gasteiger partial charge on any atom is -0.451 e. The van der Waals surface area contributed by atoms with E-state index < -0.39 is 15.9 Å². The third kappa shape index (κ3) is 4.60. The average Bonchev–Trinajstić information content (AvgIpc) is 2.78. The largest absolute Gasteiger partial charge is 0.451 e. The summed E-state index contributed by atoms with van der Waals surface area (Å²) < 4.78 is 32.2. The van der Waals surface area contributed by atoms with Crippen molar-refractivity contribution in [3.05, 3.63) is 87.1 Å². The Bertz CT molecular complexity index is 1300. The quantitative estimate of drug-likeness (QED) is 0.625. The lowest BCUT2D eigenvalue weighted by Crippen LogP contribution is -2.50. The Kier molecular flexibility index (Phi) is 5.75. The molecule has 160 valence electrons. The SMILES string of the molecule is Cc1ccc2oc(C(=O)N3CCN(S(=O)(=O)C=Cc4ccccc4)CC3)cc(=O)c2c1. The van der Waals surface area contributed by atoms with Crippen molar-refractivity contribution in [2.45, 2.75) is 6.92 Å². The molecule has 0 atom stereocenters. The van der Waals surface area contributed by atoms with Crippen LogP contribution >= 0.6 is 0 Å². The van der Waals surface area contributed by atoms with E-state index >= 15 is 0 Å². The van der Waals surface area contributed by atoms with Crippen molar-refractivity contribution < 1.29 is 17.6 Å². The first-order chi connectivity index (χ1) is 14.8. The van der Waals surface area contributed by atoms with Crippen molar-refractivity contribution >= 4 is 33.0 Å². The first-order valence-corrected chi connectivity index (χ1v) is 11.4. The summed E-state index contributed by atoms with van der Waals surface area (Å²) in [5.74, 6) is -0.460. The van der Waals surface area contributed by atoms with Gasteiger partial charge in [0.1, 0.15) is 5.58 Å². The van der Waals surface area contributed by atoms with Crippen molar-refractivity contribution in [2.24, 2.45) is 0 Å². The molecule has 1 amide bonds. The fraction of sp³-hybridized carbons (Fsp3) is 0.217. The van der Waals surface area contributed by atoms with Crippen molar-refractivity contribution in [1.82, 2.24) is 9.21 Å². The molecule has 1 aromatic heterocycles. The number of amides is 1. The number of hydrogen-bond donors (Lipinski definition) is 0. The van der Waals surface area contributed by atoms with Crippen molar-refractivity contribution in [3.63, 3.8) is 0 Å². The molecule has 7 nitrogen and oxygen atoms in total. The van der Waals surface area contributed by atoms with Gasteiger partial charge in [0, 0.05) is 37.7 Å². The molecule has 8 heteroatoms. The van der Waals surface area contributed by atoms with Crippen LogP contribution in [0, 0.1) is 6.92 Å². The number of carbonyl (C=O) groups excluding carboxylic acids is 1. The molecule has 0 radical (unpaired) electrons. The Morgan fingerprint density at radius 2 is 1.71 bits per heavy atom. The number of nitrogens with zero attached hydrogens (tertiary/aromatic N) is 2. The number of hydrogen-bond acceptors (Lipinski definition) is 5. The lowest BCUT2D eigenvalue weighted by molar-refractivity contribution is 0.0667. The van der Waals surface area contributed by atoms with Crippen molar-refractivity contribution in [3.8, 4) is 0 Å². The molecule has 1 aliphatic heterocycles. The summed E-state index contributed by atoms with van der Waals surface area (Å²) in [4.78, 5) is 26.7. The van der Waals surface area contributed by atoms with Gasteiger partial charge in [-0.15, -0.1) is 0 Å². The van der Waals surface area contributed by atoms with E-state index in [0.717, 1.165) is 11.1 Å². The Labute approximate surface area is 180 Å². The summed E-state index contributed by atoms with van der Waals surface area (Å²) in [7, 11) is -3.59. The Morgan fingerprint density at radius 3 is 2.42 bits per heavy atom. The van der Waals surface area contributed by atoms with Crippen molar-refractivity contribution in [1.29, 1.82) is 0 Å². The van der Waals surface area contributed by atoms with Gasteiger partial charge in [0.15, 0.2) is 11.2 Å². The Morgan fingerprint density at radius 1 is 1.00 bits per heavy atom. The summed E-state index contributed by atoms with van der Waals surface area (Å²) in [6.07, 6.45) is 1.55. The number of carbonyl (C=O) groups is 1. The van der Waals surface area contributed by atoms with Crippen LogP contribution in [0.5, 0.6) is 0 Å². The molecule has 0 spiro atoms. The van der Waals surface area contributed by atoms with Crippen LogP contribution in [0.2, 0.25) is 0 Å². The second kappa shape index (κ2) is 8.49. The highest BCUT2D eigenvalue weighted by Gasteiger charge is 2.29. The summed E-state index contributed by atoms with van der Waals surface area (Å²) in [5, 5.41) is 1.61. The number of aryl methyl sites for hydroxylation is 1. The third-order valence-electron chi connectivity index (χ3n) is 5.21. The maximum atomic E-state index is 12.8. The van der Waals surface area contributed by atoms with Gasteiger partial charge >= 0.3 is 0 Å². The fourth-order valence-corrected chi connectivity index (χ4v) is 4.67. The number of piperazine rings is 1. The van der Waals surface area contributed by atoms with E-state index in [9.17, 15) is 18.0 Å². The highest BCUT2D eigenvalue weighted by molar-refractivity contribution is 7.92. The molecule has 0 N–H and O–H groups in total. The van der Waals surface area contributed by atoms with Gasteiger partial charge in [-0.1, -0.05) is 42.0 Å². The maximum absolute atomic E-state index is 12.8. The van der Waals surface area contributed by atoms with Crippen LogP contribution in [0.1, 0.15) is 21.7 Å². The average molecular weight is 439 g/mol. The second-order valence-electron chi connectivity index (χ2n) is 7.42. The van der Waals surface area contributed by atoms with E-state index in [2.05, 4.69) is 0 Å². The highest BCUT2D eigenvalue weighted by atomic mass is 32.2. The molecular formula is C23H22N2O5S. The van der Waals surface area contributed by atoms with Crippen LogP contribution in [0.4, 0.5) is 0 Å². The molecule has 1 aliphatic rings. The minimum atomic E-state index is -3.59. The third-order valence-corrected chi connectivity index (χ3v) is 6.78. The molecule has 0 aliphatic carbocycles. The van der Waals surface area contributed by atoms with Crippen LogP contribution < -0.4 is 5.43 Å². The van der Waals surface area contributed by atoms with E-state index in [1.165, 1.54) is 20.7 Å². The van der Waals surface area contributed by atoms with E-state index in [0.29, 0.717) is 11.0 Å². The number of benzene rings is 2. The second-order valence-corrected chi connectivity index (χ2v) is 9.24. The van der Waals surface area contributed by atoms with Gasteiger partial charge in [-0.2, -0.15) is 4.31 Å². The molecule has 2 aromatic carbocycles. The van der Waals surface area contributed by atoms with Gasteiger partial charge in [-0.05, 0) is 30.7 Å². The Hall–Kier alpha value is -3.23. The number of rotatable bonds is 4. The molecule has 1 fully saturated rings. The zero-order valence-electron chi connectivity index (χ0n) is 17.0. The topological polar surface area (TPSA) is 87.9 Å². The summed E-state index contributed by atoms with van der Waals surface area (Å²) in [5.41, 5.74) is 1.80. The van der Waals surface area contributed by atoms with Crippen LogP contribution in [0.15, 0.2) is 69.2 Å². The van der Waals surface area contributed by atoms with Gasteiger partial charge < -0.3 is 9.32 Å². The molecule has 31 heavy (non-hydrogen) atoms. The van der Waals surface area contributed by atoms with Crippen LogP contribution in [0.3, 0.4) is 0 Å². The smallest absolute Gasteiger partial charge is 0.289 e. The Balaban J connectivity index is 1.45. The summed E-state index contributed by atoms with van der Waals surface area (Å²) in [6.45, 7) is 2.65. The highest BCUT2D eigenvalue weighted by Crippen LogP contribution is 2.17. The van der Waals surface area contributed by atoms with Crippen LogP contribution in [-0.2, 0) is 10.0 Å². The molecule has 0 unspecified atom stereocenters. The molecule has 4 rings (SSSR count). The summed E-state index contributed by atoms with van der Waals surface area (Å²) in [6, 6.07) is 15.6. The predicted octanol–water partition coefficient (Wildman–Crippen LogP) is 2.86. The first-order valence-electron chi connectivity index (χ1n) is 9.90. The number of sulfonamides is 1. The van der Waals surface area contributed by atoms with Gasteiger partial charge in [-0.3, -0.25) is 9.59 Å². The van der Waals surface area contributed by atoms with E-state index in [1.54, 1.807) is 18.2 Å². The molecular weight excluding hydrogens is 416 g/mol. The van der Waals surface area contributed by atoms with Crippen LogP contribution in [-0.4, -0.2) is 49.7 Å². The normalized spacial score (nSPS) is 15.6.